The summed E-state index contributed by atoms with van der Waals surface area (Å²) in [5.74, 6) is -3.31. The van der Waals surface area contributed by atoms with Crippen molar-refractivity contribution in [2.24, 2.45) is 20.7 Å². The molecule has 0 radical (unpaired) electrons. The molecule has 5 heterocycles. The number of para-hydroxylation sites is 1. The van der Waals surface area contributed by atoms with Gasteiger partial charge in [0.05, 0.1) is 18.4 Å². The third-order valence-corrected chi connectivity index (χ3v) is 10.6. The van der Waals surface area contributed by atoms with Gasteiger partial charge in [-0.05, 0) is 47.9 Å². The number of hydrogen-bond acceptors (Lipinski definition) is 16. The lowest BCUT2D eigenvalue weighted by atomic mass is 9.79. The lowest BCUT2D eigenvalue weighted by Gasteiger charge is -2.42. The van der Waals surface area contributed by atoms with Crippen LogP contribution in [-0.2, 0) is 25.4 Å². The smallest absolute Gasteiger partial charge is 0.302 e. The van der Waals surface area contributed by atoms with Gasteiger partial charge in [-0.3, -0.25) is 19.4 Å². The van der Waals surface area contributed by atoms with Gasteiger partial charge < -0.3 is 50.6 Å². The average Bonchev–Trinajstić information content (AvgIpc) is 3.63. The Morgan fingerprint density at radius 3 is 2.48 bits per heavy atom. The van der Waals surface area contributed by atoms with Gasteiger partial charge in [-0.2, -0.15) is 9.98 Å². The monoisotopic (exact) mass is 785 g/mol. The molecule has 9 rings (SSSR count). The van der Waals surface area contributed by atoms with Crippen molar-refractivity contribution in [1.29, 1.82) is 0 Å². The van der Waals surface area contributed by atoms with E-state index in [4.69, 9.17) is 30.4 Å². The Bertz CT molecular complexity index is 2520. The van der Waals surface area contributed by atoms with Crippen LogP contribution in [-0.4, -0.2) is 106 Å². The number of fused-ring (bicyclic) bond motifs is 6. The van der Waals surface area contributed by atoms with E-state index < -0.39 is 59.8 Å². The van der Waals surface area contributed by atoms with Gasteiger partial charge in [-0.25, -0.2) is 4.98 Å². The van der Waals surface area contributed by atoms with E-state index in [2.05, 4.69) is 20.0 Å². The summed E-state index contributed by atoms with van der Waals surface area (Å²) in [7, 11) is 0. The second-order valence-corrected chi connectivity index (χ2v) is 14.1. The molecule has 17 heteroatoms. The number of ether oxygens (including phenoxy) is 4. The molecular weight excluding hydrogens is 750 g/mol. The predicted octanol–water partition coefficient (Wildman–Crippen LogP) is 1.75. The molecule has 6 atom stereocenters. The number of amidine groups is 1. The number of carbonyl (C=O) groups is 3. The Labute approximate surface area is 329 Å². The number of rotatable bonds is 6. The summed E-state index contributed by atoms with van der Waals surface area (Å²) in [5, 5.41) is 34.9. The SMILES string of the molecule is NC1=NC(=O)C2=NCN(c3ccccc3C3C=COCC4OC(Oc5c3cc3c(c5O)C(=O)c5ccccc5C3=O)C(OCCc3ccnc(N)c3)C(O)C4O)C2=N1. The van der Waals surface area contributed by atoms with E-state index in [1.807, 2.05) is 0 Å². The number of aromatic nitrogens is 1. The number of aliphatic hydroxyl groups is 2. The summed E-state index contributed by atoms with van der Waals surface area (Å²) >= 11 is 0. The molecule has 17 nitrogen and oxygen atoms in total. The number of guanidine groups is 1. The maximum absolute atomic E-state index is 14.2. The lowest BCUT2D eigenvalue weighted by Crippen LogP contribution is -2.61. The molecule has 1 amide bonds. The summed E-state index contributed by atoms with van der Waals surface area (Å²) < 4.78 is 24.9. The number of pyridine rings is 1. The first-order chi connectivity index (χ1) is 28.1. The Balaban J connectivity index is 1.19. The third-order valence-electron chi connectivity index (χ3n) is 10.6. The second-order valence-electron chi connectivity index (χ2n) is 14.1. The van der Waals surface area contributed by atoms with Gasteiger partial charge in [-0.1, -0.05) is 42.5 Å². The molecular formula is C41H35N7O10. The fourth-order valence-corrected chi connectivity index (χ4v) is 7.81. The number of amides is 1. The van der Waals surface area contributed by atoms with Crippen molar-refractivity contribution >= 4 is 46.5 Å². The van der Waals surface area contributed by atoms with Crippen LogP contribution in [0, 0.1) is 0 Å². The summed E-state index contributed by atoms with van der Waals surface area (Å²) in [5.41, 5.74) is 13.7. The van der Waals surface area contributed by atoms with Crippen molar-refractivity contribution < 1.29 is 48.7 Å². The normalized spacial score (nSPS) is 24.8. The maximum Gasteiger partial charge on any atom is 0.302 e. The van der Waals surface area contributed by atoms with Gasteiger partial charge in [0.15, 0.2) is 34.6 Å². The number of aliphatic hydroxyl groups excluding tert-OH is 2. The van der Waals surface area contributed by atoms with Crippen LogP contribution in [0.3, 0.4) is 0 Å². The number of ketones is 2. The molecule has 6 unspecified atom stereocenters. The zero-order chi connectivity index (χ0) is 40.2. The van der Waals surface area contributed by atoms with Crippen LogP contribution in [0.1, 0.15) is 54.5 Å². The average molecular weight is 786 g/mol. The minimum atomic E-state index is -1.56. The molecule has 0 spiro atoms. The fourth-order valence-electron chi connectivity index (χ4n) is 7.81. The van der Waals surface area contributed by atoms with Crippen molar-refractivity contribution in [3.63, 3.8) is 0 Å². The molecule has 1 aromatic heterocycles. The molecule has 58 heavy (non-hydrogen) atoms. The number of nitrogens with two attached hydrogens (primary N) is 2. The van der Waals surface area contributed by atoms with Crippen LogP contribution in [0.5, 0.6) is 11.5 Å². The standard InChI is InChI=1S/C41H35N7O10/c42-28-15-19(9-12-44-28)10-14-56-37-35(53)33(51)27-17-55-13-11-20(21-5-3-4-8-26(21)48-18-45-30-38(48)46-41(43)47-39(30)54)24-16-25-29(34(52)36(24)58-40(37)57-27)32(50)23-7-2-1-6-22(23)31(25)49/h1-9,11-13,15-16,20,27,33,35,37,40,51-53H,10,14,17-18H2,(H2,42,44)(H2,43,47,54). The van der Waals surface area contributed by atoms with E-state index in [9.17, 15) is 29.7 Å². The zero-order valence-electron chi connectivity index (χ0n) is 30.5. The number of aliphatic imine (C=N–C) groups is 3. The van der Waals surface area contributed by atoms with Crippen molar-refractivity contribution in [2.75, 3.05) is 30.5 Å². The van der Waals surface area contributed by atoms with E-state index in [1.165, 1.54) is 18.4 Å². The minimum absolute atomic E-state index is 0.00625. The Hall–Kier alpha value is -6.79. The van der Waals surface area contributed by atoms with Crippen LogP contribution >= 0.6 is 0 Å². The van der Waals surface area contributed by atoms with Crippen LogP contribution in [0.2, 0.25) is 0 Å². The van der Waals surface area contributed by atoms with E-state index in [-0.39, 0.29) is 71.0 Å². The molecule has 1 aliphatic carbocycles. The summed E-state index contributed by atoms with van der Waals surface area (Å²) in [4.78, 5) is 59.1. The molecule has 7 N–H and O–H groups in total. The summed E-state index contributed by atoms with van der Waals surface area (Å²) in [6, 6.07) is 18.3. The van der Waals surface area contributed by atoms with Crippen LogP contribution in [0.25, 0.3) is 0 Å². The number of phenols is 1. The number of carbonyl (C=O) groups excluding carboxylic acids is 3. The quantitative estimate of drug-likeness (QED) is 0.165. The minimum Gasteiger partial charge on any atom is -0.504 e. The molecule has 294 valence electrons. The van der Waals surface area contributed by atoms with E-state index >= 15 is 0 Å². The summed E-state index contributed by atoms with van der Waals surface area (Å²) in [6.07, 6.45) is -2.10. The van der Waals surface area contributed by atoms with E-state index in [0.29, 0.717) is 23.5 Å². The molecule has 3 aromatic carbocycles. The van der Waals surface area contributed by atoms with Gasteiger partial charge in [-0.15, -0.1) is 0 Å². The molecule has 2 bridgehead atoms. The fraction of sp³-hybridized carbons (Fsp3) is 0.244. The van der Waals surface area contributed by atoms with Gasteiger partial charge in [0.1, 0.15) is 43.5 Å². The molecule has 1 saturated heterocycles. The second kappa shape index (κ2) is 14.6. The Kier molecular flexibility index (Phi) is 9.28. The molecule has 4 aromatic rings. The maximum atomic E-state index is 14.2. The van der Waals surface area contributed by atoms with Crippen LogP contribution in [0.4, 0.5) is 11.5 Å². The number of nitrogens with zero attached hydrogens (tertiary/aromatic N) is 5. The largest absolute Gasteiger partial charge is 0.504 e. The third kappa shape index (κ3) is 6.26. The predicted molar refractivity (Wildman–Crippen MR) is 207 cm³/mol. The number of phenolic OH excluding ortho intramolecular Hbond substituents is 1. The van der Waals surface area contributed by atoms with Crippen molar-refractivity contribution in [3.05, 3.63) is 124 Å². The molecule has 5 aliphatic rings. The highest BCUT2D eigenvalue weighted by Gasteiger charge is 2.48. The Morgan fingerprint density at radius 1 is 0.897 bits per heavy atom. The van der Waals surface area contributed by atoms with Crippen molar-refractivity contribution in [1.82, 2.24) is 4.98 Å². The number of hydrogen-bond donors (Lipinski definition) is 5. The number of aromatic hydroxyl groups is 1. The molecule has 1 fully saturated rings. The summed E-state index contributed by atoms with van der Waals surface area (Å²) in [6.45, 7) is -0.222. The van der Waals surface area contributed by atoms with Crippen molar-refractivity contribution in [3.8, 4) is 11.5 Å². The molecule has 4 aliphatic heterocycles. The highest BCUT2D eigenvalue weighted by atomic mass is 16.7. The first-order valence-electron chi connectivity index (χ1n) is 18.3. The van der Waals surface area contributed by atoms with E-state index in [1.54, 1.807) is 71.8 Å². The number of nitrogen functional groups attached to an aromatic ring is 1. The van der Waals surface area contributed by atoms with Crippen LogP contribution < -0.4 is 21.1 Å². The number of allylic oxidation sites excluding steroid dienone is 1. The first kappa shape index (κ1) is 36.8. The highest BCUT2D eigenvalue weighted by molar-refractivity contribution is 6.72. The van der Waals surface area contributed by atoms with Gasteiger partial charge >= 0.3 is 5.91 Å². The van der Waals surface area contributed by atoms with Gasteiger partial charge in [0, 0.05) is 40.1 Å². The number of anilines is 2. The van der Waals surface area contributed by atoms with E-state index in [0.717, 1.165) is 5.56 Å². The lowest BCUT2D eigenvalue weighted by molar-refractivity contribution is -0.287. The highest BCUT2D eigenvalue weighted by Crippen LogP contribution is 2.48. The molecule has 0 saturated carbocycles. The topological polar surface area (TPSA) is 254 Å². The zero-order valence-corrected chi connectivity index (χ0v) is 30.5. The Morgan fingerprint density at radius 2 is 1.67 bits per heavy atom. The van der Waals surface area contributed by atoms with Crippen molar-refractivity contribution in [2.45, 2.75) is 43.0 Å². The first-order valence-corrected chi connectivity index (χ1v) is 18.3. The van der Waals surface area contributed by atoms with Gasteiger partial charge in [0.2, 0.25) is 12.2 Å². The van der Waals surface area contributed by atoms with Gasteiger partial charge in [0.25, 0.3) is 0 Å². The number of benzene rings is 3. The van der Waals surface area contributed by atoms with Crippen LogP contribution in [0.15, 0.2) is 100 Å².